The molecule has 0 saturated heterocycles. The van der Waals surface area contributed by atoms with Crippen LogP contribution < -0.4 is 10.1 Å². The third-order valence-corrected chi connectivity index (χ3v) is 5.91. The molecule has 5 nitrogen and oxygen atoms in total. The third-order valence-electron chi connectivity index (χ3n) is 4.98. The topological polar surface area (TPSA) is 55.6 Å². The molecule has 0 atom stereocenters. The summed E-state index contributed by atoms with van der Waals surface area (Å²) in [6.07, 6.45) is 0. The molecule has 7 heteroatoms. The van der Waals surface area contributed by atoms with Gasteiger partial charge in [-0.25, -0.2) is 0 Å². The largest absolute Gasteiger partial charge is 0.497 e. The zero-order valence-electron chi connectivity index (χ0n) is 16.5. The van der Waals surface area contributed by atoms with E-state index in [2.05, 4.69) is 27.0 Å². The highest BCUT2D eigenvalue weighted by molar-refractivity contribution is 14.0. The predicted molar refractivity (Wildman–Crippen MR) is 131 cm³/mol. The quantitative estimate of drug-likeness (QED) is 0.384. The number of aliphatic imine (C=N–C) groups is 1. The van der Waals surface area contributed by atoms with E-state index in [0.29, 0.717) is 0 Å². The Labute approximate surface area is 191 Å². The van der Waals surface area contributed by atoms with Crippen molar-refractivity contribution in [3.8, 4) is 5.75 Å². The lowest BCUT2D eigenvalue weighted by molar-refractivity contribution is 0.0997. The molecule has 0 amide bonds. The fourth-order valence-corrected chi connectivity index (χ4v) is 4.33. The van der Waals surface area contributed by atoms with Crippen molar-refractivity contribution in [3.05, 3.63) is 65.4 Å². The Kier molecular flexibility index (Phi) is 7.23. The summed E-state index contributed by atoms with van der Waals surface area (Å²) in [5, 5.41) is 4.97. The number of ketones is 1. The Bertz CT molecular complexity index is 1050. The number of carbonyl (C=O) groups excluding carboxylic acids is 1. The minimum atomic E-state index is 0. The van der Waals surface area contributed by atoms with Crippen LogP contribution in [0.15, 0.2) is 53.5 Å². The number of nitrogens with zero attached hydrogens (tertiary/aromatic N) is 2. The number of methoxy groups -OCH3 is 1. The van der Waals surface area contributed by atoms with E-state index in [4.69, 9.17) is 4.74 Å². The molecule has 2 heterocycles. The molecule has 1 aromatic heterocycles. The molecule has 0 unspecified atom stereocenters. The second-order valence-electron chi connectivity index (χ2n) is 6.73. The second kappa shape index (κ2) is 9.67. The zero-order chi connectivity index (χ0) is 19.5. The van der Waals surface area contributed by atoms with E-state index in [0.717, 1.165) is 51.9 Å². The standard InChI is InChI=1S/C22H23N3O2S.HI/c1-15-21(20(26)13-24-22-23-10-11-28-22)18-12-17(27-2)8-9-19(18)25(15)14-16-6-4-3-5-7-16;/h3-9,12H,10-11,13-14H2,1-2H3,(H,23,24);1H. The fraction of sp³-hybridized carbons (Fsp3) is 0.273. The molecule has 4 rings (SSSR count). The monoisotopic (exact) mass is 521 g/mol. The van der Waals surface area contributed by atoms with Gasteiger partial charge in [0, 0.05) is 34.5 Å². The van der Waals surface area contributed by atoms with Crippen LogP contribution in [0, 0.1) is 6.92 Å². The molecule has 1 aliphatic rings. The minimum absolute atomic E-state index is 0. The van der Waals surface area contributed by atoms with Crippen LogP contribution >= 0.6 is 35.7 Å². The minimum Gasteiger partial charge on any atom is -0.497 e. The smallest absolute Gasteiger partial charge is 0.184 e. The highest BCUT2D eigenvalue weighted by Crippen LogP contribution is 2.30. The van der Waals surface area contributed by atoms with E-state index in [1.54, 1.807) is 18.9 Å². The number of benzene rings is 2. The predicted octanol–water partition coefficient (Wildman–Crippen LogP) is 4.50. The number of halogens is 1. The maximum absolute atomic E-state index is 13.1. The molecular weight excluding hydrogens is 497 g/mol. The number of hydrogen-bond acceptors (Lipinski definition) is 5. The normalized spacial score (nSPS) is 13.1. The van der Waals surface area contributed by atoms with Crippen LogP contribution in [0.3, 0.4) is 0 Å². The van der Waals surface area contributed by atoms with Crippen molar-refractivity contribution < 1.29 is 9.53 Å². The summed E-state index contributed by atoms with van der Waals surface area (Å²) >= 11 is 1.66. The van der Waals surface area contributed by atoms with Gasteiger partial charge in [-0.1, -0.05) is 42.1 Å². The van der Waals surface area contributed by atoms with Crippen LogP contribution in [0.25, 0.3) is 10.9 Å². The molecule has 0 aliphatic carbocycles. The van der Waals surface area contributed by atoms with Crippen LogP contribution in [0.1, 0.15) is 21.6 Å². The summed E-state index contributed by atoms with van der Waals surface area (Å²) < 4.78 is 7.61. The van der Waals surface area contributed by atoms with Gasteiger partial charge >= 0.3 is 0 Å². The lowest BCUT2D eigenvalue weighted by Gasteiger charge is -2.09. The second-order valence-corrected chi connectivity index (χ2v) is 7.81. The molecule has 0 fully saturated rings. The van der Waals surface area contributed by atoms with Gasteiger partial charge in [0.15, 0.2) is 11.0 Å². The average molecular weight is 521 g/mol. The van der Waals surface area contributed by atoms with E-state index < -0.39 is 0 Å². The fourth-order valence-electron chi connectivity index (χ4n) is 3.60. The number of amidine groups is 1. The summed E-state index contributed by atoms with van der Waals surface area (Å²) in [7, 11) is 1.65. The Morgan fingerprint density at radius 3 is 2.72 bits per heavy atom. The molecule has 0 radical (unpaired) electrons. The van der Waals surface area contributed by atoms with Gasteiger partial charge in [0.1, 0.15) is 5.75 Å². The van der Waals surface area contributed by atoms with Crippen molar-refractivity contribution >= 4 is 57.6 Å². The zero-order valence-corrected chi connectivity index (χ0v) is 19.6. The summed E-state index contributed by atoms with van der Waals surface area (Å²) in [6.45, 7) is 3.80. The van der Waals surface area contributed by atoms with Crippen molar-refractivity contribution in [2.75, 3.05) is 26.0 Å². The van der Waals surface area contributed by atoms with E-state index in [9.17, 15) is 4.79 Å². The molecule has 0 bridgehead atoms. The molecule has 152 valence electrons. The third kappa shape index (κ3) is 4.61. The SMILES string of the molecule is COc1ccc2c(c1)c(C(=O)CNC1=NCCS1)c(C)n2Cc1ccccc1.I. The molecular formula is C22H24IN3O2S. The maximum Gasteiger partial charge on any atom is 0.184 e. The molecule has 2 aromatic carbocycles. The molecule has 0 spiro atoms. The van der Waals surface area contributed by atoms with Crippen molar-refractivity contribution in [3.63, 3.8) is 0 Å². The lowest BCUT2D eigenvalue weighted by atomic mass is 10.1. The first kappa shape index (κ1) is 21.7. The van der Waals surface area contributed by atoms with Crippen LogP contribution in [-0.4, -0.2) is 41.5 Å². The number of nitrogens with one attached hydrogen (secondary N) is 1. The van der Waals surface area contributed by atoms with E-state index in [-0.39, 0.29) is 36.3 Å². The first-order chi connectivity index (χ1) is 13.7. The Morgan fingerprint density at radius 2 is 2.03 bits per heavy atom. The number of hydrogen-bond donors (Lipinski definition) is 1. The number of Topliss-reactive ketones (excluding diaryl/α,β-unsaturated/α-hetero) is 1. The number of thioether (sulfide) groups is 1. The Hall–Kier alpha value is -2.00. The van der Waals surface area contributed by atoms with Crippen LogP contribution in [0.5, 0.6) is 5.75 Å². The first-order valence-corrected chi connectivity index (χ1v) is 10.3. The number of ether oxygens (including phenoxy) is 1. The summed E-state index contributed by atoms with van der Waals surface area (Å²) in [4.78, 5) is 17.5. The maximum atomic E-state index is 13.1. The van der Waals surface area contributed by atoms with Gasteiger partial charge in [0.05, 0.1) is 20.2 Å². The summed E-state index contributed by atoms with van der Waals surface area (Å²) in [6, 6.07) is 16.2. The Morgan fingerprint density at radius 1 is 1.24 bits per heavy atom. The van der Waals surface area contributed by atoms with Crippen LogP contribution in [0.4, 0.5) is 0 Å². The van der Waals surface area contributed by atoms with Gasteiger partial charge in [-0.15, -0.1) is 24.0 Å². The van der Waals surface area contributed by atoms with Gasteiger partial charge in [0.25, 0.3) is 0 Å². The summed E-state index contributed by atoms with van der Waals surface area (Å²) in [5.41, 5.74) is 3.96. The molecule has 3 aromatic rings. The van der Waals surface area contributed by atoms with E-state index in [1.165, 1.54) is 5.56 Å². The van der Waals surface area contributed by atoms with Crippen LogP contribution in [-0.2, 0) is 6.54 Å². The molecule has 1 aliphatic heterocycles. The van der Waals surface area contributed by atoms with Gasteiger partial charge in [-0.3, -0.25) is 9.79 Å². The van der Waals surface area contributed by atoms with Gasteiger partial charge < -0.3 is 14.6 Å². The molecule has 1 N–H and O–H groups in total. The van der Waals surface area contributed by atoms with E-state index in [1.807, 2.05) is 43.3 Å². The number of aromatic nitrogens is 1. The number of carbonyl (C=O) groups is 1. The number of rotatable bonds is 6. The molecule has 0 saturated carbocycles. The summed E-state index contributed by atoms with van der Waals surface area (Å²) in [5.74, 6) is 1.79. The van der Waals surface area contributed by atoms with Gasteiger partial charge in [0.2, 0.25) is 0 Å². The average Bonchev–Trinajstić information content (AvgIpc) is 3.33. The Balaban J connectivity index is 0.00000240. The van der Waals surface area contributed by atoms with Gasteiger partial charge in [-0.2, -0.15) is 0 Å². The van der Waals surface area contributed by atoms with Gasteiger partial charge in [-0.05, 0) is 30.7 Å². The first-order valence-electron chi connectivity index (χ1n) is 9.32. The lowest BCUT2D eigenvalue weighted by Crippen LogP contribution is -2.27. The van der Waals surface area contributed by atoms with Crippen molar-refractivity contribution in [1.82, 2.24) is 9.88 Å². The number of fused-ring (bicyclic) bond motifs is 1. The van der Waals surface area contributed by atoms with Crippen molar-refractivity contribution in [2.24, 2.45) is 4.99 Å². The van der Waals surface area contributed by atoms with Crippen molar-refractivity contribution in [2.45, 2.75) is 13.5 Å². The van der Waals surface area contributed by atoms with E-state index >= 15 is 0 Å². The highest BCUT2D eigenvalue weighted by atomic mass is 127. The molecule has 29 heavy (non-hydrogen) atoms. The van der Waals surface area contributed by atoms with Crippen molar-refractivity contribution in [1.29, 1.82) is 0 Å². The van der Waals surface area contributed by atoms with Crippen LogP contribution in [0.2, 0.25) is 0 Å². The highest BCUT2D eigenvalue weighted by Gasteiger charge is 2.21.